The Labute approximate surface area is 142 Å². The van der Waals surface area contributed by atoms with E-state index in [1.165, 1.54) is 32.1 Å². The quantitative estimate of drug-likeness (QED) is 0.285. The summed E-state index contributed by atoms with van der Waals surface area (Å²) in [7, 11) is 0. The Morgan fingerprint density at radius 1 is 0.826 bits per heavy atom. The molecule has 1 unspecified atom stereocenters. The minimum Gasteiger partial charge on any atom is -0.481 e. The van der Waals surface area contributed by atoms with Gasteiger partial charge in [0, 0.05) is 6.42 Å². The largest absolute Gasteiger partial charge is 0.481 e. The van der Waals surface area contributed by atoms with Gasteiger partial charge in [0.25, 0.3) is 0 Å². The van der Waals surface area contributed by atoms with Crippen LogP contribution in [-0.2, 0) is 4.79 Å². The van der Waals surface area contributed by atoms with Gasteiger partial charge in [-0.3, -0.25) is 4.79 Å². The molecule has 1 atom stereocenters. The highest BCUT2D eigenvalue weighted by atomic mass is 16.4. The van der Waals surface area contributed by atoms with E-state index in [-0.39, 0.29) is 12.5 Å². The molecule has 0 amide bonds. The summed E-state index contributed by atoms with van der Waals surface area (Å²) in [6.45, 7) is 2.02. The van der Waals surface area contributed by atoms with E-state index in [2.05, 4.69) is 24.3 Å². The van der Waals surface area contributed by atoms with E-state index in [0.717, 1.165) is 44.9 Å². The maximum absolute atomic E-state index is 10.3. The van der Waals surface area contributed by atoms with Crippen molar-refractivity contribution in [3.8, 4) is 0 Å². The van der Waals surface area contributed by atoms with Crippen molar-refractivity contribution in [3.05, 3.63) is 24.3 Å². The molecule has 0 saturated heterocycles. The highest BCUT2D eigenvalue weighted by molar-refractivity contribution is 5.66. The summed E-state index contributed by atoms with van der Waals surface area (Å²) in [5, 5.41) is 17.9. The lowest BCUT2D eigenvalue weighted by molar-refractivity contribution is -0.137. The minimum atomic E-state index is -0.702. The number of hydrogen-bond donors (Lipinski definition) is 2. The predicted molar refractivity (Wildman–Crippen MR) is 97.6 cm³/mol. The second-order valence-corrected chi connectivity index (χ2v) is 6.21. The van der Waals surface area contributed by atoms with Crippen molar-refractivity contribution in [1.29, 1.82) is 0 Å². The van der Waals surface area contributed by atoms with E-state index >= 15 is 0 Å². The Bertz CT molecular complexity index is 321. The zero-order valence-corrected chi connectivity index (χ0v) is 14.9. The third kappa shape index (κ3) is 18.9. The number of unbranched alkanes of at least 4 members (excludes halogenated alkanes) is 7. The molecule has 0 spiro atoms. The Hall–Kier alpha value is -1.09. The molecule has 3 nitrogen and oxygen atoms in total. The Balaban J connectivity index is 3.20. The summed E-state index contributed by atoms with van der Waals surface area (Å²) in [6, 6.07) is 0. The van der Waals surface area contributed by atoms with Crippen molar-refractivity contribution < 1.29 is 15.0 Å². The van der Waals surface area contributed by atoms with E-state index in [9.17, 15) is 9.90 Å². The van der Waals surface area contributed by atoms with Gasteiger partial charge in [-0.05, 0) is 57.8 Å². The van der Waals surface area contributed by atoms with Gasteiger partial charge >= 0.3 is 5.97 Å². The lowest BCUT2D eigenvalue weighted by Gasteiger charge is -2.03. The number of aliphatic hydroxyl groups excluding tert-OH is 1. The fraction of sp³-hybridized carbons (Fsp3) is 0.750. The molecule has 0 aliphatic carbocycles. The van der Waals surface area contributed by atoms with Crippen LogP contribution in [0.1, 0.15) is 90.4 Å². The van der Waals surface area contributed by atoms with Crippen LogP contribution in [-0.4, -0.2) is 22.3 Å². The smallest absolute Gasteiger partial charge is 0.303 e. The van der Waals surface area contributed by atoms with Gasteiger partial charge in [0.1, 0.15) is 0 Å². The Kier molecular flexibility index (Phi) is 16.4. The fourth-order valence-corrected chi connectivity index (χ4v) is 2.39. The second-order valence-electron chi connectivity index (χ2n) is 6.21. The van der Waals surface area contributed by atoms with Crippen LogP contribution >= 0.6 is 0 Å². The molecule has 0 bridgehead atoms. The molecule has 0 aromatic heterocycles. The molecule has 3 heteroatoms. The Morgan fingerprint density at radius 3 is 1.83 bits per heavy atom. The van der Waals surface area contributed by atoms with Crippen molar-refractivity contribution in [1.82, 2.24) is 0 Å². The first-order valence-electron chi connectivity index (χ1n) is 9.36. The first-order chi connectivity index (χ1) is 11.2. The maximum Gasteiger partial charge on any atom is 0.303 e. The lowest BCUT2D eigenvalue weighted by atomic mass is 10.1. The van der Waals surface area contributed by atoms with Crippen molar-refractivity contribution in [3.63, 3.8) is 0 Å². The molecule has 0 saturated carbocycles. The molecule has 0 fully saturated rings. The van der Waals surface area contributed by atoms with Gasteiger partial charge in [-0.15, -0.1) is 0 Å². The van der Waals surface area contributed by atoms with E-state index in [1.807, 2.05) is 6.92 Å². The highest BCUT2D eigenvalue weighted by Crippen LogP contribution is 2.09. The van der Waals surface area contributed by atoms with Crippen LogP contribution in [0.15, 0.2) is 24.3 Å². The van der Waals surface area contributed by atoms with Crippen LogP contribution in [0.5, 0.6) is 0 Å². The SMILES string of the molecule is CCC(O)CC/C=C\CCCCCCC/C=C\CCCC(=O)O. The summed E-state index contributed by atoms with van der Waals surface area (Å²) < 4.78 is 0. The molecule has 2 N–H and O–H groups in total. The van der Waals surface area contributed by atoms with Crippen molar-refractivity contribution in [2.45, 2.75) is 96.5 Å². The van der Waals surface area contributed by atoms with Crippen LogP contribution in [0.25, 0.3) is 0 Å². The standard InChI is InChI=1S/C20H36O3/c1-2-19(21)17-15-13-11-9-7-5-3-4-6-8-10-12-14-16-18-20(22)23/h10-13,19,21H,2-9,14-18H2,1H3,(H,22,23)/b12-10-,13-11-. The number of aliphatic hydroxyl groups is 1. The van der Waals surface area contributed by atoms with Gasteiger partial charge in [-0.25, -0.2) is 0 Å². The first-order valence-corrected chi connectivity index (χ1v) is 9.36. The third-order valence-corrected chi connectivity index (χ3v) is 3.97. The molecule has 0 aromatic rings. The van der Waals surface area contributed by atoms with Crippen molar-refractivity contribution in [2.24, 2.45) is 0 Å². The van der Waals surface area contributed by atoms with Crippen LogP contribution in [0.2, 0.25) is 0 Å². The van der Waals surface area contributed by atoms with Gasteiger partial charge in [-0.1, -0.05) is 50.5 Å². The number of carboxylic acids is 1. The van der Waals surface area contributed by atoms with Crippen LogP contribution < -0.4 is 0 Å². The number of hydrogen-bond acceptors (Lipinski definition) is 2. The normalized spacial score (nSPS) is 13.1. The monoisotopic (exact) mass is 324 g/mol. The van der Waals surface area contributed by atoms with Gasteiger partial charge in [0.2, 0.25) is 0 Å². The topological polar surface area (TPSA) is 57.5 Å². The fourth-order valence-electron chi connectivity index (χ4n) is 2.39. The summed E-state index contributed by atoms with van der Waals surface area (Å²) in [4.78, 5) is 10.3. The van der Waals surface area contributed by atoms with Crippen LogP contribution in [0, 0.1) is 0 Å². The molecule has 0 aliphatic rings. The van der Waals surface area contributed by atoms with E-state index in [1.54, 1.807) is 0 Å². The molecule has 0 aliphatic heterocycles. The average molecular weight is 325 g/mol. The zero-order chi connectivity index (χ0) is 17.2. The summed E-state index contributed by atoms with van der Waals surface area (Å²) >= 11 is 0. The Morgan fingerprint density at radius 2 is 1.30 bits per heavy atom. The van der Waals surface area contributed by atoms with E-state index in [4.69, 9.17) is 5.11 Å². The molecule has 0 aromatic carbocycles. The molecular weight excluding hydrogens is 288 g/mol. The maximum atomic E-state index is 10.3. The summed E-state index contributed by atoms with van der Waals surface area (Å²) in [6.07, 6.45) is 21.9. The first kappa shape index (κ1) is 21.9. The van der Waals surface area contributed by atoms with Gasteiger partial charge < -0.3 is 10.2 Å². The average Bonchev–Trinajstić information content (AvgIpc) is 2.53. The van der Waals surface area contributed by atoms with E-state index < -0.39 is 5.97 Å². The van der Waals surface area contributed by atoms with Crippen molar-refractivity contribution >= 4 is 5.97 Å². The number of allylic oxidation sites excluding steroid dienone is 4. The second kappa shape index (κ2) is 17.3. The molecule has 23 heavy (non-hydrogen) atoms. The molecule has 0 heterocycles. The highest BCUT2D eigenvalue weighted by Gasteiger charge is 1.96. The van der Waals surface area contributed by atoms with Gasteiger partial charge in [0.05, 0.1) is 6.10 Å². The molecular formula is C20H36O3. The summed E-state index contributed by atoms with van der Waals surface area (Å²) in [5.41, 5.74) is 0. The number of rotatable bonds is 16. The number of aliphatic carboxylic acids is 1. The number of carbonyl (C=O) groups is 1. The van der Waals surface area contributed by atoms with Crippen molar-refractivity contribution in [2.75, 3.05) is 0 Å². The molecule has 0 radical (unpaired) electrons. The van der Waals surface area contributed by atoms with Crippen LogP contribution in [0.4, 0.5) is 0 Å². The minimum absolute atomic E-state index is 0.133. The molecule has 0 rings (SSSR count). The van der Waals surface area contributed by atoms with Gasteiger partial charge in [0.15, 0.2) is 0 Å². The third-order valence-electron chi connectivity index (χ3n) is 3.97. The van der Waals surface area contributed by atoms with Gasteiger partial charge in [-0.2, -0.15) is 0 Å². The van der Waals surface area contributed by atoms with E-state index in [0.29, 0.717) is 0 Å². The predicted octanol–water partition coefficient (Wildman–Crippen LogP) is 5.64. The zero-order valence-electron chi connectivity index (χ0n) is 14.9. The van der Waals surface area contributed by atoms with Crippen LogP contribution in [0.3, 0.4) is 0 Å². The molecule has 134 valence electrons. The summed E-state index contributed by atoms with van der Waals surface area (Å²) in [5.74, 6) is -0.702. The number of carboxylic acid groups (broad SMARTS) is 1. The lowest BCUT2D eigenvalue weighted by Crippen LogP contribution is -2.02.